The van der Waals surface area contributed by atoms with E-state index in [1.807, 2.05) is 11.3 Å². The molecule has 2 rings (SSSR count). The first kappa shape index (κ1) is 13.0. The summed E-state index contributed by atoms with van der Waals surface area (Å²) in [6.45, 7) is 9.98. The van der Waals surface area contributed by atoms with Crippen LogP contribution in [-0.4, -0.2) is 17.1 Å². The van der Waals surface area contributed by atoms with Crippen molar-refractivity contribution < 1.29 is 0 Å². The van der Waals surface area contributed by atoms with Crippen LogP contribution >= 0.6 is 11.3 Å². The number of nitrogens with one attached hydrogen (secondary N) is 1. The lowest BCUT2D eigenvalue weighted by Gasteiger charge is -2.43. The summed E-state index contributed by atoms with van der Waals surface area (Å²) >= 11 is 1.86. The molecule has 0 bridgehead atoms. The molecule has 0 spiro atoms. The average Bonchev–Trinajstić information content (AvgIpc) is 2.54. The van der Waals surface area contributed by atoms with Crippen molar-refractivity contribution in [3.05, 3.63) is 16.1 Å². The Balaban J connectivity index is 1.95. The number of aryl methyl sites for hydroxylation is 1. The van der Waals surface area contributed by atoms with Crippen molar-refractivity contribution in [1.82, 2.24) is 10.3 Å². The van der Waals surface area contributed by atoms with Crippen LogP contribution in [0.1, 0.15) is 49.9 Å². The Morgan fingerprint density at radius 3 is 2.53 bits per heavy atom. The van der Waals surface area contributed by atoms with Crippen LogP contribution in [0, 0.1) is 12.3 Å². The second-order valence-corrected chi connectivity index (χ2v) is 7.80. The summed E-state index contributed by atoms with van der Waals surface area (Å²) in [5.41, 5.74) is 0.735. The van der Waals surface area contributed by atoms with Gasteiger partial charge in [0.1, 0.15) is 0 Å². The molecule has 1 aliphatic rings. The topological polar surface area (TPSA) is 24.9 Å². The van der Waals surface area contributed by atoms with E-state index in [9.17, 15) is 0 Å². The number of aromatic nitrogens is 1. The van der Waals surface area contributed by atoms with E-state index in [1.165, 1.54) is 35.6 Å². The molecule has 3 heteroatoms. The van der Waals surface area contributed by atoms with Crippen LogP contribution in [0.5, 0.6) is 0 Å². The first-order valence-corrected chi connectivity index (χ1v) is 7.37. The molecule has 0 saturated heterocycles. The number of thiazole rings is 1. The monoisotopic (exact) mass is 252 g/mol. The molecular formula is C14H24N2S. The van der Waals surface area contributed by atoms with Gasteiger partial charge in [-0.2, -0.15) is 0 Å². The van der Waals surface area contributed by atoms with Crippen LogP contribution in [0.2, 0.25) is 0 Å². The summed E-state index contributed by atoms with van der Waals surface area (Å²) < 4.78 is 0. The predicted octanol–water partition coefficient (Wildman–Crippen LogP) is 3.55. The summed E-state index contributed by atoms with van der Waals surface area (Å²) in [5, 5.41) is 4.87. The normalized spacial score (nSPS) is 19.1. The molecule has 0 aliphatic heterocycles. The van der Waals surface area contributed by atoms with Gasteiger partial charge in [0, 0.05) is 23.2 Å². The fourth-order valence-electron chi connectivity index (χ4n) is 2.40. The molecular weight excluding hydrogens is 228 g/mol. The van der Waals surface area contributed by atoms with Gasteiger partial charge in [0.05, 0.1) is 5.01 Å². The van der Waals surface area contributed by atoms with Gasteiger partial charge >= 0.3 is 0 Å². The van der Waals surface area contributed by atoms with Gasteiger partial charge in [0.15, 0.2) is 0 Å². The van der Waals surface area contributed by atoms with Crippen molar-refractivity contribution in [2.75, 3.05) is 6.54 Å². The maximum absolute atomic E-state index is 4.37. The second kappa shape index (κ2) is 4.69. The lowest BCUT2D eigenvalue weighted by atomic mass is 9.66. The standard InChI is InChI=1S/C14H24N2S/c1-11-15-9-12(17-11)8-14(6-5-7-14)10-16-13(2,3)4/h9,16H,5-8,10H2,1-4H3. The molecule has 1 aliphatic carbocycles. The Hall–Kier alpha value is -0.410. The minimum absolute atomic E-state index is 0.228. The van der Waals surface area contributed by atoms with Crippen molar-refractivity contribution in [2.24, 2.45) is 5.41 Å². The summed E-state index contributed by atoms with van der Waals surface area (Å²) in [5.74, 6) is 0. The quantitative estimate of drug-likeness (QED) is 0.886. The maximum atomic E-state index is 4.37. The molecule has 0 aromatic carbocycles. The van der Waals surface area contributed by atoms with E-state index in [-0.39, 0.29) is 5.54 Å². The van der Waals surface area contributed by atoms with Crippen LogP contribution in [-0.2, 0) is 6.42 Å². The average molecular weight is 252 g/mol. The van der Waals surface area contributed by atoms with Gasteiger partial charge in [-0.05, 0) is 52.4 Å². The number of nitrogens with zero attached hydrogens (tertiary/aromatic N) is 1. The van der Waals surface area contributed by atoms with E-state index in [0.29, 0.717) is 5.41 Å². The van der Waals surface area contributed by atoms with Gasteiger partial charge in [0.2, 0.25) is 0 Å². The minimum atomic E-state index is 0.228. The van der Waals surface area contributed by atoms with Gasteiger partial charge in [-0.25, -0.2) is 4.98 Å². The molecule has 1 heterocycles. The van der Waals surface area contributed by atoms with Crippen LogP contribution in [0.15, 0.2) is 6.20 Å². The molecule has 0 amide bonds. The van der Waals surface area contributed by atoms with Crippen LogP contribution in [0.3, 0.4) is 0 Å². The Morgan fingerprint density at radius 1 is 1.41 bits per heavy atom. The number of hydrogen-bond acceptors (Lipinski definition) is 3. The van der Waals surface area contributed by atoms with Gasteiger partial charge < -0.3 is 5.32 Å². The lowest BCUT2D eigenvalue weighted by Crippen LogP contribution is -2.47. The molecule has 1 aromatic rings. The van der Waals surface area contributed by atoms with Gasteiger partial charge in [-0.15, -0.1) is 11.3 Å². The zero-order chi connectivity index (χ0) is 12.5. The largest absolute Gasteiger partial charge is 0.312 e. The Labute approximate surface area is 109 Å². The highest BCUT2D eigenvalue weighted by Crippen LogP contribution is 2.44. The minimum Gasteiger partial charge on any atom is -0.312 e. The van der Waals surface area contributed by atoms with Crippen LogP contribution < -0.4 is 5.32 Å². The molecule has 1 N–H and O–H groups in total. The van der Waals surface area contributed by atoms with E-state index in [4.69, 9.17) is 0 Å². The van der Waals surface area contributed by atoms with Crippen molar-refractivity contribution in [3.8, 4) is 0 Å². The summed E-state index contributed by atoms with van der Waals surface area (Å²) in [7, 11) is 0. The highest BCUT2D eigenvalue weighted by molar-refractivity contribution is 7.11. The van der Waals surface area contributed by atoms with Crippen LogP contribution in [0.4, 0.5) is 0 Å². The molecule has 1 aromatic heterocycles. The molecule has 0 radical (unpaired) electrons. The van der Waals surface area contributed by atoms with Gasteiger partial charge in [-0.3, -0.25) is 0 Å². The van der Waals surface area contributed by atoms with Crippen molar-refractivity contribution in [1.29, 1.82) is 0 Å². The highest BCUT2D eigenvalue weighted by atomic mass is 32.1. The predicted molar refractivity (Wildman–Crippen MR) is 74.6 cm³/mol. The van der Waals surface area contributed by atoms with E-state index < -0.39 is 0 Å². The zero-order valence-corrected chi connectivity index (χ0v) is 12.3. The van der Waals surface area contributed by atoms with Crippen molar-refractivity contribution in [2.45, 2.75) is 58.9 Å². The van der Waals surface area contributed by atoms with Crippen molar-refractivity contribution in [3.63, 3.8) is 0 Å². The third kappa shape index (κ3) is 3.52. The van der Waals surface area contributed by atoms with E-state index in [1.54, 1.807) is 0 Å². The highest BCUT2D eigenvalue weighted by Gasteiger charge is 2.37. The molecule has 17 heavy (non-hydrogen) atoms. The SMILES string of the molecule is Cc1ncc(CC2(CNC(C)(C)C)CCC2)s1. The van der Waals surface area contributed by atoms with E-state index in [2.05, 4.69) is 44.2 Å². The third-order valence-corrected chi connectivity index (χ3v) is 4.54. The molecule has 0 atom stereocenters. The third-order valence-electron chi connectivity index (χ3n) is 3.63. The maximum Gasteiger partial charge on any atom is 0.0896 e. The fraction of sp³-hybridized carbons (Fsp3) is 0.786. The summed E-state index contributed by atoms with van der Waals surface area (Å²) in [4.78, 5) is 5.82. The lowest BCUT2D eigenvalue weighted by molar-refractivity contribution is 0.119. The Kier molecular flexibility index (Phi) is 3.60. The zero-order valence-electron chi connectivity index (χ0n) is 11.5. The smallest absolute Gasteiger partial charge is 0.0896 e. The number of rotatable bonds is 4. The summed E-state index contributed by atoms with van der Waals surface area (Å²) in [6, 6.07) is 0. The number of hydrogen-bond donors (Lipinski definition) is 1. The Morgan fingerprint density at radius 2 is 2.12 bits per heavy atom. The van der Waals surface area contributed by atoms with Crippen LogP contribution in [0.25, 0.3) is 0 Å². The summed E-state index contributed by atoms with van der Waals surface area (Å²) in [6.07, 6.45) is 7.41. The second-order valence-electron chi connectivity index (χ2n) is 6.48. The Bertz CT molecular complexity index is 372. The first-order chi connectivity index (χ1) is 7.89. The van der Waals surface area contributed by atoms with Gasteiger partial charge in [-0.1, -0.05) is 6.42 Å². The molecule has 1 saturated carbocycles. The van der Waals surface area contributed by atoms with Crippen molar-refractivity contribution >= 4 is 11.3 Å². The first-order valence-electron chi connectivity index (χ1n) is 6.55. The molecule has 96 valence electrons. The molecule has 0 unspecified atom stereocenters. The molecule has 1 fully saturated rings. The van der Waals surface area contributed by atoms with E-state index in [0.717, 1.165) is 6.54 Å². The fourth-order valence-corrected chi connectivity index (χ4v) is 3.37. The molecule has 2 nitrogen and oxygen atoms in total. The van der Waals surface area contributed by atoms with E-state index >= 15 is 0 Å². The van der Waals surface area contributed by atoms with Gasteiger partial charge in [0.25, 0.3) is 0 Å².